The Bertz CT molecular complexity index is 1120. The third-order valence-electron chi connectivity index (χ3n) is 4.55. The molecule has 0 amide bonds. The van der Waals surface area contributed by atoms with Gasteiger partial charge in [0.1, 0.15) is 5.75 Å². The number of nitrogens with one attached hydrogen (secondary N) is 1. The van der Waals surface area contributed by atoms with Crippen molar-refractivity contribution in [2.24, 2.45) is 0 Å². The highest BCUT2D eigenvalue weighted by molar-refractivity contribution is 7.89. The summed E-state index contributed by atoms with van der Waals surface area (Å²) in [7, 11) is -2.04. The topological polar surface area (TPSA) is 90.3 Å². The SMILES string of the molecule is CCc1ccc(S(=O)(=O)NCCn2cnc(-c3ccc(OC)cc3)cc2=O)cc1. The number of benzene rings is 2. The average Bonchev–Trinajstić information content (AvgIpc) is 2.75. The minimum Gasteiger partial charge on any atom is -0.497 e. The van der Waals surface area contributed by atoms with E-state index in [1.54, 1.807) is 43.5 Å². The Hall–Kier alpha value is -2.97. The molecule has 29 heavy (non-hydrogen) atoms. The lowest BCUT2D eigenvalue weighted by Gasteiger charge is -2.09. The standard InChI is InChI=1S/C21H23N3O4S/c1-3-16-4-10-19(11-5-16)29(26,27)23-12-13-24-15-22-20(14-21(24)25)17-6-8-18(28-2)9-7-17/h4-11,14-15,23H,3,12-13H2,1-2H3. The van der Waals surface area contributed by atoms with Crippen LogP contribution in [-0.2, 0) is 23.0 Å². The molecule has 3 rings (SSSR count). The van der Waals surface area contributed by atoms with Gasteiger partial charge in [-0.3, -0.25) is 9.36 Å². The van der Waals surface area contributed by atoms with Gasteiger partial charge in [0.25, 0.3) is 5.56 Å². The Labute approximate surface area is 170 Å². The van der Waals surface area contributed by atoms with Crippen LogP contribution in [0, 0.1) is 0 Å². The van der Waals surface area contributed by atoms with Crippen molar-refractivity contribution in [3.05, 3.63) is 76.8 Å². The number of hydrogen-bond donors (Lipinski definition) is 1. The van der Waals surface area contributed by atoms with Crippen molar-refractivity contribution in [2.45, 2.75) is 24.8 Å². The highest BCUT2D eigenvalue weighted by atomic mass is 32.2. The van der Waals surface area contributed by atoms with E-state index in [2.05, 4.69) is 9.71 Å². The minimum absolute atomic E-state index is 0.0847. The summed E-state index contributed by atoms with van der Waals surface area (Å²) in [5, 5.41) is 0. The number of sulfonamides is 1. The quantitative estimate of drug-likeness (QED) is 0.613. The van der Waals surface area contributed by atoms with Gasteiger partial charge in [0.2, 0.25) is 10.0 Å². The molecule has 0 aliphatic carbocycles. The van der Waals surface area contributed by atoms with Crippen LogP contribution in [-0.4, -0.2) is 31.6 Å². The monoisotopic (exact) mass is 413 g/mol. The van der Waals surface area contributed by atoms with E-state index in [1.807, 2.05) is 19.1 Å². The normalized spacial score (nSPS) is 11.4. The minimum atomic E-state index is -3.62. The lowest BCUT2D eigenvalue weighted by atomic mass is 10.1. The van der Waals surface area contributed by atoms with E-state index in [4.69, 9.17) is 4.74 Å². The first-order chi connectivity index (χ1) is 13.9. The smallest absolute Gasteiger partial charge is 0.253 e. The number of aromatic nitrogens is 2. The first kappa shape index (κ1) is 20.8. The lowest BCUT2D eigenvalue weighted by Crippen LogP contribution is -2.30. The van der Waals surface area contributed by atoms with Gasteiger partial charge in [-0.05, 0) is 48.4 Å². The van der Waals surface area contributed by atoms with Crippen LogP contribution in [0.25, 0.3) is 11.3 Å². The lowest BCUT2D eigenvalue weighted by molar-refractivity contribution is 0.415. The van der Waals surface area contributed by atoms with Crippen LogP contribution >= 0.6 is 0 Å². The molecule has 0 bridgehead atoms. The van der Waals surface area contributed by atoms with Crippen LogP contribution < -0.4 is 15.0 Å². The van der Waals surface area contributed by atoms with E-state index < -0.39 is 10.0 Å². The molecule has 0 spiro atoms. The summed E-state index contributed by atoms with van der Waals surface area (Å²) in [6, 6.07) is 15.4. The number of nitrogens with zero attached hydrogens (tertiary/aromatic N) is 2. The van der Waals surface area contributed by atoms with E-state index in [-0.39, 0.29) is 23.5 Å². The first-order valence-corrected chi connectivity index (χ1v) is 10.7. The zero-order chi connectivity index (χ0) is 20.9. The van der Waals surface area contributed by atoms with E-state index in [0.29, 0.717) is 5.69 Å². The van der Waals surface area contributed by atoms with Crippen LogP contribution in [0.15, 0.2) is 70.6 Å². The number of ether oxygens (including phenoxy) is 1. The van der Waals surface area contributed by atoms with Gasteiger partial charge in [0, 0.05) is 24.7 Å². The predicted molar refractivity (Wildman–Crippen MR) is 111 cm³/mol. The first-order valence-electron chi connectivity index (χ1n) is 9.22. The van der Waals surface area contributed by atoms with Crippen LogP contribution in [0.4, 0.5) is 0 Å². The van der Waals surface area contributed by atoms with Crippen molar-refractivity contribution in [2.75, 3.05) is 13.7 Å². The third-order valence-corrected chi connectivity index (χ3v) is 6.03. The highest BCUT2D eigenvalue weighted by Gasteiger charge is 2.13. The molecule has 2 aromatic carbocycles. The van der Waals surface area contributed by atoms with Crippen molar-refractivity contribution in [3.63, 3.8) is 0 Å². The second kappa shape index (κ2) is 9.02. The maximum absolute atomic E-state index is 12.4. The summed E-state index contributed by atoms with van der Waals surface area (Å²) in [5.41, 5.74) is 2.16. The molecule has 7 nitrogen and oxygen atoms in total. The second-order valence-electron chi connectivity index (χ2n) is 6.43. The van der Waals surface area contributed by atoms with Crippen molar-refractivity contribution in [3.8, 4) is 17.0 Å². The van der Waals surface area contributed by atoms with Gasteiger partial charge in [-0.15, -0.1) is 0 Å². The number of aryl methyl sites for hydroxylation is 1. The van der Waals surface area contributed by atoms with Crippen LogP contribution in [0.1, 0.15) is 12.5 Å². The van der Waals surface area contributed by atoms with Crippen LogP contribution in [0.3, 0.4) is 0 Å². The maximum Gasteiger partial charge on any atom is 0.253 e. The molecular weight excluding hydrogens is 390 g/mol. The fraction of sp³-hybridized carbons (Fsp3) is 0.238. The molecule has 0 atom stereocenters. The number of rotatable bonds is 8. The van der Waals surface area contributed by atoms with Gasteiger partial charge >= 0.3 is 0 Å². The van der Waals surface area contributed by atoms with Crippen molar-refractivity contribution < 1.29 is 13.2 Å². The van der Waals surface area contributed by atoms with Crippen molar-refractivity contribution in [1.82, 2.24) is 14.3 Å². The molecule has 1 heterocycles. The summed E-state index contributed by atoms with van der Waals surface area (Å²) in [4.78, 5) is 16.9. The zero-order valence-electron chi connectivity index (χ0n) is 16.3. The Kier molecular flexibility index (Phi) is 6.46. The molecule has 152 valence electrons. The molecule has 1 N–H and O–H groups in total. The Morgan fingerprint density at radius 1 is 1.07 bits per heavy atom. The zero-order valence-corrected chi connectivity index (χ0v) is 17.1. The Balaban J connectivity index is 1.65. The molecule has 0 radical (unpaired) electrons. The van der Waals surface area contributed by atoms with Crippen LogP contribution in [0.5, 0.6) is 5.75 Å². The number of methoxy groups -OCH3 is 1. The second-order valence-corrected chi connectivity index (χ2v) is 8.20. The van der Waals surface area contributed by atoms with Gasteiger partial charge < -0.3 is 4.74 Å². The van der Waals surface area contributed by atoms with Crippen molar-refractivity contribution >= 4 is 10.0 Å². The summed E-state index contributed by atoms with van der Waals surface area (Å²) in [6.45, 7) is 2.27. The molecule has 0 saturated heterocycles. The maximum atomic E-state index is 12.4. The van der Waals surface area contributed by atoms with Gasteiger partial charge in [0.15, 0.2) is 0 Å². The molecule has 0 aliphatic rings. The predicted octanol–water partition coefficient (Wildman–Crippen LogP) is 2.46. The van der Waals surface area contributed by atoms with E-state index in [0.717, 1.165) is 23.3 Å². The summed E-state index contributed by atoms with van der Waals surface area (Å²) in [5.74, 6) is 0.721. The molecule has 0 unspecified atom stereocenters. The summed E-state index contributed by atoms with van der Waals surface area (Å²) >= 11 is 0. The summed E-state index contributed by atoms with van der Waals surface area (Å²) < 4.78 is 33.8. The molecular formula is C21H23N3O4S. The van der Waals surface area contributed by atoms with E-state index in [1.165, 1.54) is 17.0 Å². The fourth-order valence-electron chi connectivity index (χ4n) is 2.80. The molecule has 8 heteroatoms. The molecule has 0 aliphatic heterocycles. The van der Waals surface area contributed by atoms with Gasteiger partial charge in [-0.1, -0.05) is 19.1 Å². The molecule has 3 aromatic rings. The van der Waals surface area contributed by atoms with E-state index in [9.17, 15) is 13.2 Å². The summed E-state index contributed by atoms with van der Waals surface area (Å²) in [6.07, 6.45) is 2.27. The molecule has 0 saturated carbocycles. The van der Waals surface area contributed by atoms with Gasteiger partial charge in [-0.25, -0.2) is 18.1 Å². The molecule has 1 aromatic heterocycles. The fourth-order valence-corrected chi connectivity index (χ4v) is 3.82. The van der Waals surface area contributed by atoms with E-state index >= 15 is 0 Å². The average molecular weight is 413 g/mol. The largest absolute Gasteiger partial charge is 0.497 e. The van der Waals surface area contributed by atoms with Crippen molar-refractivity contribution in [1.29, 1.82) is 0 Å². The van der Waals surface area contributed by atoms with Crippen LogP contribution in [0.2, 0.25) is 0 Å². The molecule has 0 fully saturated rings. The van der Waals surface area contributed by atoms with Gasteiger partial charge in [-0.2, -0.15) is 0 Å². The highest BCUT2D eigenvalue weighted by Crippen LogP contribution is 2.19. The van der Waals surface area contributed by atoms with Gasteiger partial charge in [0.05, 0.1) is 24.0 Å². The third kappa shape index (κ3) is 5.10. The Morgan fingerprint density at radius 2 is 1.76 bits per heavy atom. The number of hydrogen-bond acceptors (Lipinski definition) is 5. The Morgan fingerprint density at radius 3 is 2.34 bits per heavy atom.